The van der Waals surface area contributed by atoms with E-state index < -0.39 is 0 Å². The molecule has 0 aromatic carbocycles. The monoisotopic (exact) mass is 282 g/mol. The normalized spacial score (nSPS) is 19.2. The fraction of sp³-hybridized carbons (Fsp3) is 1.00. The summed E-state index contributed by atoms with van der Waals surface area (Å²) in [5.74, 6) is 0.765. The first kappa shape index (κ1) is 18.0. The molecule has 1 aliphatic carbocycles. The molecule has 0 saturated heterocycles. The second kappa shape index (κ2) is 9.04. The molecular formula is C18H38N2. The second-order valence-corrected chi connectivity index (χ2v) is 7.65. The molecule has 0 spiro atoms. The van der Waals surface area contributed by atoms with Gasteiger partial charge in [-0.15, -0.1) is 0 Å². The van der Waals surface area contributed by atoms with Crippen LogP contribution in [0.25, 0.3) is 0 Å². The Hall–Kier alpha value is -0.0800. The minimum Gasteiger partial charge on any atom is -0.316 e. The fourth-order valence-corrected chi connectivity index (χ4v) is 3.58. The first-order valence-corrected chi connectivity index (χ1v) is 8.94. The van der Waals surface area contributed by atoms with Crippen molar-refractivity contribution in [2.24, 2.45) is 11.3 Å². The molecule has 0 bridgehead atoms. The van der Waals surface area contributed by atoms with Crippen molar-refractivity contribution in [1.82, 2.24) is 10.2 Å². The predicted octanol–water partition coefficient (Wildman–Crippen LogP) is 4.30. The highest BCUT2D eigenvalue weighted by Crippen LogP contribution is 2.37. The van der Waals surface area contributed by atoms with Crippen molar-refractivity contribution in [1.29, 1.82) is 0 Å². The highest BCUT2D eigenvalue weighted by molar-refractivity contribution is 4.88. The van der Waals surface area contributed by atoms with Crippen molar-refractivity contribution in [3.05, 3.63) is 0 Å². The molecule has 1 saturated carbocycles. The average molecular weight is 283 g/mol. The van der Waals surface area contributed by atoms with Gasteiger partial charge in [-0.2, -0.15) is 0 Å². The maximum atomic E-state index is 3.72. The van der Waals surface area contributed by atoms with E-state index in [1.165, 1.54) is 64.7 Å². The fourth-order valence-electron chi connectivity index (χ4n) is 3.58. The summed E-state index contributed by atoms with van der Waals surface area (Å²) in [5.41, 5.74) is 0.534. The molecule has 0 aliphatic heterocycles. The van der Waals surface area contributed by atoms with Gasteiger partial charge in [0.15, 0.2) is 0 Å². The summed E-state index contributed by atoms with van der Waals surface area (Å²) < 4.78 is 0. The van der Waals surface area contributed by atoms with E-state index >= 15 is 0 Å². The van der Waals surface area contributed by atoms with Gasteiger partial charge < -0.3 is 10.2 Å². The molecule has 1 rings (SSSR count). The SMILES string of the molecule is CCCNCC1(CN(CC(C)C)C(C)C)CCCCC1. The van der Waals surface area contributed by atoms with Crippen molar-refractivity contribution < 1.29 is 0 Å². The van der Waals surface area contributed by atoms with Gasteiger partial charge in [0.1, 0.15) is 0 Å². The second-order valence-electron chi connectivity index (χ2n) is 7.65. The van der Waals surface area contributed by atoms with Crippen molar-refractivity contribution >= 4 is 0 Å². The largest absolute Gasteiger partial charge is 0.316 e. The molecule has 0 atom stereocenters. The van der Waals surface area contributed by atoms with Gasteiger partial charge in [-0.1, -0.05) is 40.0 Å². The van der Waals surface area contributed by atoms with E-state index in [4.69, 9.17) is 0 Å². The Balaban J connectivity index is 2.65. The molecular weight excluding hydrogens is 244 g/mol. The molecule has 1 aliphatic rings. The molecule has 0 amide bonds. The van der Waals surface area contributed by atoms with Crippen molar-refractivity contribution in [3.63, 3.8) is 0 Å². The number of hydrogen-bond acceptors (Lipinski definition) is 2. The van der Waals surface area contributed by atoms with Gasteiger partial charge in [0.05, 0.1) is 0 Å². The maximum Gasteiger partial charge on any atom is 0.00530 e. The summed E-state index contributed by atoms with van der Waals surface area (Å²) >= 11 is 0. The first-order valence-electron chi connectivity index (χ1n) is 8.94. The lowest BCUT2D eigenvalue weighted by molar-refractivity contribution is 0.0755. The minimum absolute atomic E-state index is 0.534. The minimum atomic E-state index is 0.534. The molecule has 0 aromatic heterocycles. The van der Waals surface area contributed by atoms with Crippen LogP contribution in [0.1, 0.15) is 73.1 Å². The van der Waals surface area contributed by atoms with E-state index in [1.54, 1.807) is 0 Å². The van der Waals surface area contributed by atoms with E-state index in [2.05, 4.69) is 44.8 Å². The van der Waals surface area contributed by atoms with Crippen LogP contribution in [0.4, 0.5) is 0 Å². The van der Waals surface area contributed by atoms with Gasteiger partial charge >= 0.3 is 0 Å². The zero-order chi connectivity index (χ0) is 15.0. The summed E-state index contributed by atoms with van der Waals surface area (Å²) in [6, 6.07) is 0.669. The molecule has 2 heteroatoms. The van der Waals surface area contributed by atoms with Crippen LogP contribution in [0, 0.1) is 11.3 Å². The molecule has 120 valence electrons. The number of nitrogens with zero attached hydrogens (tertiary/aromatic N) is 1. The molecule has 0 unspecified atom stereocenters. The standard InChI is InChI=1S/C18H38N2/c1-6-12-19-14-18(10-8-7-9-11-18)15-20(17(4)5)13-16(2)3/h16-17,19H,6-15H2,1-5H3. The Morgan fingerprint density at radius 3 is 2.20 bits per heavy atom. The Kier molecular flexibility index (Phi) is 8.13. The van der Waals surface area contributed by atoms with Crippen molar-refractivity contribution in [3.8, 4) is 0 Å². The van der Waals surface area contributed by atoms with Crippen LogP contribution in [-0.4, -0.2) is 37.1 Å². The summed E-state index contributed by atoms with van der Waals surface area (Å²) in [5, 5.41) is 3.72. The lowest BCUT2D eigenvalue weighted by Gasteiger charge is -2.43. The Labute approximate surface area is 127 Å². The Morgan fingerprint density at radius 1 is 1.05 bits per heavy atom. The molecule has 0 radical (unpaired) electrons. The van der Waals surface area contributed by atoms with Crippen LogP contribution >= 0.6 is 0 Å². The van der Waals surface area contributed by atoms with E-state index in [1.807, 2.05) is 0 Å². The van der Waals surface area contributed by atoms with Crippen LogP contribution in [0.15, 0.2) is 0 Å². The van der Waals surface area contributed by atoms with Crippen molar-refractivity contribution in [2.45, 2.75) is 79.2 Å². The smallest absolute Gasteiger partial charge is 0.00530 e. The van der Waals surface area contributed by atoms with Crippen LogP contribution in [0.2, 0.25) is 0 Å². The third kappa shape index (κ3) is 6.13. The van der Waals surface area contributed by atoms with E-state index in [9.17, 15) is 0 Å². The van der Waals surface area contributed by atoms with Gasteiger partial charge in [0.25, 0.3) is 0 Å². The lowest BCUT2D eigenvalue weighted by atomic mass is 9.73. The van der Waals surface area contributed by atoms with E-state index in [0.717, 1.165) is 5.92 Å². The molecule has 0 aromatic rings. The maximum absolute atomic E-state index is 3.72. The number of rotatable bonds is 9. The molecule has 20 heavy (non-hydrogen) atoms. The highest BCUT2D eigenvalue weighted by atomic mass is 15.2. The van der Waals surface area contributed by atoms with E-state index in [-0.39, 0.29) is 0 Å². The van der Waals surface area contributed by atoms with Crippen LogP contribution < -0.4 is 5.32 Å². The number of nitrogens with one attached hydrogen (secondary N) is 1. The van der Waals surface area contributed by atoms with Crippen LogP contribution in [-0.2, 0) is 0 Å². The third-order valence-corrected chi connectivity index (χ3v) is 4.71. The molecule has 0 heterocycles. The average Bonchev–Trinajstić information content (AvgIpc) is 2.39. The van der Waals surface area contributed by atoms with Gasteiger partial charge in [-0.25, -0.2) is 0 Å². The zero-order valence-electron chi connectivity index (χ0n) is 14.7. The van der Waals surface area contributed by atoms with Crippen molar-refractivity contribution in [2.75, 3.05) is 26.2 Å². The van der Waals surface area contributed by atoms with Gasteiger partial charge in [0, 0.05) is 25.7 Å². The Bertz CT molecular complexity index is 242. The van der Waals surface area contributed by atoms with Gasteiger partial charge in [0.2, 0.25) is 0 Å². The van der Waals surface area contributed by atoms with Gasteiger partial charge in [-0.3, -0.25) is 0 Å². The summed E-state index contributed by atoms with van der Waals surface area (Å²) in [4.78, 5) is 2.73. The predicted molar refractivity (Wildman–Crippen MR) is 90.2 cm³/mol. The summed E-state index contributed by atoms with van der Waals surface area (Å²) in [6.07, 6.45) is 8.40. The van der Waals surface area contributed by atoms with E-state index in [0.29, 0.717) is 11.5 Å². The molecule has 1 fully saturated rings. The van der Waals surface area contributed by atoms with Crippen LogP contribution in [0.5, 0.6) is 0 Å². The highest BCUT2D eigenvalue weighted by Gasteiger charge is 2.34. The third-order valence-electron chi connectivity index (χ3n) is 4.71. The molecule has 2 nitrogen and oxygen atoms in total. The molecule has 1 N–H and O–H groups in total. The summed E-state index contributed by atoms with van der Waals surface area (Å²) in [6.45, 7) is 16.6. The van der Waals surface area contributed by atoms with Crippen LogP contribution in [0.3, 0.4) is 0 Å². The summed E-state index contributed by atoms with van der Waals surface area (Å²) in [7, 11) is 0. The first-order chi connectivity index (χ1) is 9.49. The van der Waals surface area contributed by atoms with Gasteiger partial charge in [-0.05, 0) is 51.0 Å². The lowest BCUT2D eigenvalue weighted by Crippen LogP contribution is -2.48. The quantitative estimate of drug-likeness (QED) is 0.634. The zero-order valence-corrected chi connectivity index (χ0v) is 14.7. The topological polar surface area (TPSA) is 15.3 Å². The number of hydrogen-bond donors (Lipinski definition) is 1. The Morgan fingerprint density at radius 2 is 1.70 bits per heavy atom.